The van der Waals surface area contributed by atoms with Gasteiger partial charge in [-0.25, -0.2) is 0 Å². The fraction of sp³-hybridized carbons (Fsp3) is 0.875. The number of piperidine rings is 1. The minimum Gasteiger partial charge on any atom is -0.342 e. The summed E-state index contributed by atoms with van der Waals surface area (Å²) in [5, 5.41) is 6.63. The molecule has 1 aliphatic carbocycles. The molecule has 3 fully saturated rings. The van der Waals surface area contributed by atoms with Crippen molar-refractivity contribution in [3.05, 3.63) is 0 Å². The van der Waals surface area contributed by atoms with E-state index in [1.807, 2.05) is 4.90 Å². The highest BCUT2D eigenvalue weighted by molar-refractivity contribution is 5.85. The Kier molecular flexibility index (Phi) is 3.95. The quantitative estimate of drug-likeness (QED) is 0.805. The summed E-state index contributed by atoms with van der Waals surface area (Å²) in [6, 6.07) is -0.0953. The summed E-state index contributed by atoms with van der Waals surface area (Å²) >= 11 is 0. The lowest BCUT2D eigenvalue weighted by Gasteiger charge is -2.40. The van der Waals surface area contributed by atoms with E-state index in [4.69, 9.17) is 0 Å². The molecule has 1 unspecified atom stereocenters. The molecule has 2 aliphatic heterocycles. The zero-order valence-electron chi connectivity index (χ0n) is 13.2. The number of rotatable bonds is 2. The zero-order valence-corrected chi connectivity index (χ0v) is 13.2. The molecule has 3 aliphatic rings. The largest absolute Gasteiger partial charge is 0.342 e. The molecule has 3 rings (SSSR count). The van der Waals surface area contributed by atoms with Crippen LogP contribution in [0, 0.1) is 11.8 Å². The van der Waals surface area contributed by atoms with Crippen LogP contribution in [0.3, 0.4) is 0 Å². The molecular weight excluding hydrogens is 266 g/mol. The number of carbonyl (C=O) groups excluding carboxylic acids is 2. The van der Waals surface area contributed by atoms with Crippen LogP contribution in [0.5, 0.6) is 0 Å². The molecule has 1 saturated carbocycles. The number of hydrogen-bond acceptors (Lipinski definition) is 3. The van der Waals surface area contributed by atoms with Crippen LogP contribution in [-0.2, 0) is 9.59 Å². The van der Waals surface area contributed by atoms with Gasteiger partial charge < -0.3 is 10.2 Å². The van der Waals surface area contributed by atoms with Gasteiger partial charge in [-0.1, -0.05) is 26.7 Å². The third kappa shape index (κ3) is 2.80. The molecule has 0 aromatic heterocycles. The van der Waals surface area contributed by atoms with Gasteiger partial charge in [-0.05, 0) is 18.8 Å². The van der Waals surface area contributed by atoms with Gasteiger partial charge in [0, 0.05) is 31.8 Å². The molecule has 2 amide bonds. The van der Waals surface area contributed by atoms with Crippen molar-refractivity contribution in [2.45, 2.75) is 64.1 Å². The first kappa shape index (κ1) is 14.8. The summed E-state index contributed by atoms with van der Waals surface area (Å²) in [5.74, 6) is 1.00. The van der Waals surface area contributed by atoms with Gasteiger partial charge in [0.05, 0.1) is 11.7 Å². The highest BCUT2D eigenvalue weighted by Gasteiger charge is 2.46. The van der Waals surface area contributed by atoms with Crippen LogP contribution in [0.1, 0.15) is 52.4 Å². The first-order chi connectivity index (χ1) is 10.0. The second kappa shape index (κ2) is 5.59. The SMILES string of the molecule is CC(C)C1NC2(CCN(C(=O)C3CCCC3)CC2)NC1=O. The first-order valence-corrected chi connectivity index (χ1v) is 8.39. The topological polar surface area (TPSA) is 61.4 Å². The molecule has 1 spiro atoms. The molecule has 21 heavy (non-hydrogen) atoms. The van der Waals surface area contributed by atoms with Crippen LogP contribution < -0.4 is 10.6 Å². The number of nitrogens with zero attached hydrogens (tertiary/aromatic N) is 1. The van der Waals surface area contributed by atoms with Crippen molar-refractivity contribution >= 4 is 11.8 Å². The van der Waals surface area contributed by atoms with Gasteiger partial charge in [-0.2, -0.15) is 0 Å². The molecule has 5 nitrogen and oxygen atoms in total. The number of amides is 2. The fourth-order valence-electron chi connectivity index (χ4n) is 3.99. The normalized spacial score (nSPS) is 29.4. The maximum atomic E-state index is 12.5. The van der Waals surface area contributed by atoms with Gasteiger partial charge in [0.1, 0.15) is 0 Å². The molecule has 2 heterocycles. The van der Waals surface area contributed by atoms with Crippen LogP contribution in [0.15, 0.2) is 0 Å². The lowest BCUT2D eigenvalue weighted by Crippen LogP contribution is -2.58. The summed E-state index contributed by atoms with van der Waals surface area (Å²) in [7, 11) is 0. The standard InChI is InChI=1S/C16H27N3O2/c1-11(2)13-14(20)18-16(17-13)7-9-19(10-8-16)15(21)12-5-3-4-6-12/h11-13,17H,3-10H2,1-2H3,(H,18,20). The van der Waals surface area contributed by atoms with Gasteiger partial charge in [-0.15, -0.1) is 0 Å². The second-order valence-electron chi connectivity index (χ2n) is 7.24. The van der Waals surface area contributed by atoms with Crippen LogP contribution in [0.4, 0.5) is 0 Å². The van der Waals surface area contributed by atoms with Gasteiger partial charge in [-0.3, -0.25) is 14.9 Å². The fourth-order valence-corrected chi connectivity index (χ4v) is 3.99. The van der Waals surface area contributed by atoms with Gasteiger partial charge >= 0.3 is 0 Å². The van der Waals surface area contributed by atoms with Crippen LogP contribution in [0.25, 0.3) is 0 Å². The van der Waals surface area contributed by atoms with Crippen molar-refractivity contribution in [1.82, 2.24) is 15.5 Å². The summed E-state index contributed by atoms with van der Waals surface area (Å²) in [5.41, 5.74) is -0.279. The van der Waals surface area contributed by atoms with E-state index in [-0.39, 0.29) is 23.5 Å². The Bertz CT molecular complexity index is 421. The van der Waals surface area contributed by atoms with E-state index in [1.165, 1.54) is 12.8 Å². The molecular formula is C16H27N3O2. The molecule has 0 aromatic carbocycles. The van der Waals surface area contributed by atoms with Crippen molar-refractivity contribution in [2.75, 3.05) is 13.1 Å². The molecule has 0 bridgehead atoms. The van der Waals surface area contributed by atoms with E-state index < -0.39 is 0 Å². The molecule has 2 saturated heterocycles. The number of hydrogen-bond donors (Lipinski definition) is 2. The number of likely N-dealkylation sites (tertiary alicyclic amines) is 1. The summed E-state index contributed by atoms with van der Waals surface area (Å²) in [4.78, 5) is 26.5. The monoisotopic (exact) mass is 293 g/mol. The molecule has 0 aromatic rings. The average Bonchev–Trinajstić information content (AvgIpc) is 3.08. The lowest BCUT2D eigenvalue weighted by atomic mass is 9.95. The Morgan fingerprint density at radius 3 is 2.38 bits per heavy atom. The molecule has 2 N–H and O–H groups in total. The second-order valence-corrected chi connectivity index (χ2v) is 7.24. The zero-order chi connectivity index (χ0) is 15.0. The third-order valence-corrected chi connectivity index (χ3v) is 5.38. The maximum Gasteiger partial charge on any atom is 0.238 e. The van der Waals surface area contributed by atoms with E-state index in [9.17, 15) is 9.59 Å². The highest BCUT2D eigenvalue weighted by atomic mass is 16.2. The van der Waals surface area contributed by atoms with Crippen molar-refractivity contribution in [3.8, 4) is 0 Å². The molecule has 5 heteroatoms. The van der Waals surface area contributed by atoms with E-state index in [0.717, 1.165) is 38.8 Å². The molecule has 118 valence electrons. The Labute approximate surface area is 126 Å². The Balaban J connectivity index is 1.58. The van der Waals surface area contributed by atoms with E-state index in [0.29, 0.717) is 11.8 Å². The van der Waals surface area contributed by atoms with E-state index in [1.54, 1.807) is 0 Å². The third-order valence-electron chi connectivity index (χ3n) is 5.38. The van der Waals surface area contributed by atoms with Crippen LogP contribution in [-0.4, -0.2) is 41.5 Å². The predicted molar refractivity (Wildman–Crippen MR) is 80.4 cm³/mol. The van der Waals surface area contributed by atoms with Crippen molar-refractivity contribution in [1.29, 1.82) is 0 Å². The lowest BCUT2D eigenvalue weighted by molar-refractivity contribution is -0.137. The summed E-state index contributed by atoms with van der Waals surface area (Å²) in [6.45, 7) is 5.64. The van der Waals surface area contributed by atoms with Gasteiger partial charge in [0.2, 0.25) is 11.8 Å². The van der Waals surface area contributed by atoms with Crippen molar-refractivity contribution in [2.24, 2.45) is 11.8 Å². The van der Waals surface area contributed by atoms with E-state index >= 15 is 0 Å². The van der Waals surface area contributed by atoms with Gasteiger partial charge in [0.25, 0.3) is 0 Å². The Hall–Kier alpha value is -1.10. The van der Waals surface area contributed by atoms with Crippen molar-refractivity contribution in [3.63, 3.8) is 0 Å². The van der Waals surface area contributed by atoms with Crippen LogP contribution >= 0.6 is 0 Å². The van der Waals surface area contributed by atoms with Gasteiger partial charge in [0.15, 0.2) is 0 Å². The number of nitrogens with one attached hydrogen (secondary N) is 2. The minimum atomic E-state index is -0.279. The average molecular weight is 293 g/mol. The molecule has 0 radical (unpaired) electrons. The minimum absolute atomic E-state index is 0.0953. The summed E-state index contributed by atoms with van der Waals surface area (Å²) in [6.07, 6.45) is 6.15. The highest BCUT2D eigenvalue weighted by Crippen LogP contribution is 2.30. The van der Waals surface area contributed by atoms with Crippen LogP contribution in [0.2, 0.25) is 0 Å². The Morgan fingerprint density at radius 2 is 1.86 bits per heavy atom. The maximum absolute atomic E-state index is 12.5. The smallest absolute Gasteiger partial charge is 0.238 e. The summed E-state index contributed by atoms with van der Waals surface area (Å²) < 4.78 is 0. The van der Waals surface area contributed by atoms with E-state index in [2.05, 4.69) is 24.5 Å². The number of carbonyl (C=O) groups is 2. The van der Waals surface area contributed by atoms with Crippen molar-refractivity contribution < 1.29 is 9.59 Å². The predicted octanol–water partition coefficient (Wildman–Crippen LogP) is 1.24. The molecule has 1 atom stereocenters. The first-order valence-electron chi connectivity index (χ1n) is 8.39. The Morgan fingerprint density at radius 1 is 1.24 bits per heavy atom.